The molecular formula is C18H16N2O4S. The smallest absolute Gasteiger partial charge is 0.283 e. The van der Waals surface area contributed by atoms with Crippen LogP contribution in [0.4, 0.5) is 0 Å². The average molecular weight is 356 g/mol. The molecule has 4 rings (SSSR count). The molecule has 1 amide bonds. The number of ether oxygens (including phenoxy) is 3. The summed E-state index contributed by atoms with van der Waals surface area (Å²) in [4.78, 5) is 17.5. The second-order valence-corrected chi connectivity index (χ2v) is 6.47. The minimum atomic E-state index is -0.328. The van der Waals surface area contributed by atoms with E-state index in [1.807, 2.05) is 36.7 Å². The van der Waals surface area contributed by atoms with Crippen molar-refractivity contribution in [1.29, 1.82) is 0 Å². The Morgan fingerprint density at radius 3 is 2.84 bits per heavy atom. The third-order valence-electron chi connectivity index (χ3n) is 3.92. The quantitative estimate of drug-likeness (QED) is 0.723. The molecule has 1 aliphatic heterocycles. The minimum absolute atomic E-state index is 0.236. The molecule has 0 saturated heterocycles. The summed E-state index contributed by atoms with van der Waals surface area (Å²) < 4.78 is 19.2. The second kappa shape index (κ2) is 6.25. The zero-order chi connectivity index (χ0) is 17.4. The van der Waals surface area contributed by atoms with E-state index in [2.05, 4.69) is 4.99 Å². The molecule has 0 aliphatic carbocycles. The van der Waals surface area contributed by atoms with Crippen molar-refractivity contribution in [3.8, 4) is 17.2 Å². The number of hydrogen-bond acceptors (Lipinski definition) is 5. The van der Waals surface area contributed by atoms with Crippen LogP contribution in [-0.4, -0.2) is 23.9 Å². The van der Waals surface area contributed by atoms with Gasteiger partial charge in [0, 0.05) is 19.2 Å². The molecule has 0 saturated carbocycles. The molecule has 1 aliphatic rings. The van der Waals surface area contributed by atoms with Crippen molar-refractivity contribution in [2.24, 2.45) is 12.0 Å². The first-order valence-electron chi connectivity index (χ1n) is 7.87. The number of hydrogen-bond donors (Lipinski definition) is 0. The third kappa shape index (κ3) is 2.76. The first-order valence-corrected chi connectivity index (χ1v) is 8.69. The summed E-state index contributed by atoms with van der Waals surface area (Å²) in [6.07, 6.45) is 0. The van der Waals surface area contributed by atoms with Crippen molar-refractivity contribution < 1.29 is 19.0 Å². The van der Waals surface area contributed by atoms with Crippen molar-refractivity contribution in [2.75, 3.05) is 13.4 Å². The summed E-state index contributed by atoms with van der Waals surface area (Å²) >= 11 is 1.43. The number of rotatable bonds is 3. The molecule has 0 N–H and O–H groups in total. The van der Waals surface area contributed by atoms with E-state index in [4.69, 9.17) is 14.2 Å². The molecule has 0 fully saturated rings. The van der Waals surface area contributed by atoms with Gasteiger partial charge in [-0.3, -0.25) is 4.79 Å². The van der Waals surface area contributed by atoms with Gasteiger partial charge in [0.15, 0.2) is 16.3 Å². The fourth-order valence-electron chi connectivity index (χ4n) is 2.70. The number of amides is 1. The van der Waals surface area contributed by atoms with Crippen LogP contribution < -0.4 is 19.0 Å². The lowest BCUT2D eigenvalue weighted by Gasteiger charge is -2.06. The van der Waals surface area contributed by atoms with Crippen LogP contribution in [0, 0.1) is 0 Å². The number of aryl methyl sites for hydroxylation is 1. The Hall–Kier alpha value is -2.80. The van der Waals surface area contributed by atoms with Gasteiger partial charge in [-0.1, -0.05) is 23.5 Å². The van der Waals surface area contributed by atoms with Gasteiger partial charge in [-0.2, -0.15) is 4.99 Å². The molecule has 2 heterocycles. The van der Waals surface area contributed by atoms with Crippen molar-refractivity contribution in [3.05, 3.63) is 46.8 Å². The van der Waals surface area contributed by atoms with Crippen LogP contribution in [0.2, 0.25) is 0 Å². The Kier molecular flexibility index (Phi) is 3.93. The zero-order valence-corrected chi connectivity index (χ0v) is 14.6. The summed E-state index contributed by atoms with van der Waals surface area (Å²) in [5.41, 5.74) is 1.40. The molecule has 7 heteroatoms. The molecule has 0 atom stereocenters. The summed E-state index contributed by atoms with van der Waals surface area (Å²) in [5.74, 6) is 1.64. The summed E-state index contributed by atoms with van der Waals surface area (Å²) in [6, 6.07) is 11.0. The lowest BCUT2D eigenvalue weighted by molar-refractivity contribution is 0.0994. The highest BCUT2D eigenvalue weighted by Crippen LogP contribution is 2.36. The Morgan fingerprint density at radius 2 is 2.04 bits per heavy atom. The number of fused-ring (bicyclic) bond motifs is 2. The molecule has 2 aromatic carbocycles. The predicted molar refractivity (Wildman–Crippen MR) is 94.4 cm³/mol. The highest BCUT2D eigenvalue weighted by molar-refractivity contribution is 7.16. The fourth-order valence-corrected chi connectivity index (χ4v) is 3.72. The molecular weight excluding hydrogens is 340 g/mol. The lowest BCUT2D eigenvalue weighted by atomic mass is 10.2. The van der Waals surface area contributed by atoms with Gasteiger partial charge < -0.3 is 18.8 Å². The van der Waals surface area contributed by atoms with Crippen LogP contribution in [0.5, 0.6) is 17.2 Å². The van der Waals surface area contributed by atoms with Crippen molar-refractivity contribution in [3.63, 3.8) is 0 Å². The second-order valence-electron chi connectivity index (χ2n) is 5.46. The van der Waals surface area contributed by atoms with E-state index in [9.17, 15) is 4.79 Å². The van der Waals surface area contributed by atoms with Gasteiger partial charge in [-0.25, -0.2) is 0 Å². The highest BCUT2D eigenvalue weighted by Gasteiger charge is 2.17. The molecule has 0 spiro atoms. The molecule has 128 valence electrons. The Balaban J connectivity index is 1.79. The molecule has 6 nitrogen and oxygen atoms in total. The van der Waals surface area contributed by atoms with E-state index in [1.165, 1.54) is 11.3 Å². The van der Waals surface area contributed by atoms with Gasteiger partial charge >= 0.3 is 0 Å². The van der Waals surface area contributed by atoms with Crippen molar-refractivity contribution >= 4 is 27.5 Å². The predicted octanol–water partition coefficient (Wildman–Crippen LogP) is 3.11. The van der Waals surface area contributed by atoms with Crippen LogP contribution in [0.1, 0.15) is 17.3 Å². The van der Waals surface area contributed by atoms with E-state index >= 15 is 0 Å². The largest absolute Gasteiger partial charge is 0.493 e. The van der Waals surface area contributed by atoms with E-state index in [0.717, 1.165) is 10.2 Å². The number of benzene rings is 2. The molecule has 25 heavy (non-hydrogen) atoms. The Morgan fingerprint density at radius 1 is 1.28 bits per heavy atom. The number of aromatic nitrogens is 1. The van der Waals surface area contributed by atoms with Crippen LogP contribution in [0.15, 0.2) is 41.4 Å². The van der Waals surface area contributed by atoms with Gasteiger partial charge in [0.1, 0.15) is 5.75 Å². The first-order chi connectivity index (χ1) is 12.2. The SMILES string of the molecule is CCOc1ccccc1C(=O)N=c1sc2cc3c(cc2n1C)OCO3. The first kappa shape index (κ1) is 15.7. The molecule has 3 aromatic rings. The summed E-state index contributed by atoms with van der Waals surface area (Å²) in [6.45, 7) is 2.61. The molecule has 0 unspecified atom stereocenters. The third-order valence-corrected chi connectivity index (χ3v) is 5.01. The summed E-state index contributed by atoms with van der Waals surface area (Å²) in [7, 11) is 1.88. The number of nitrogens with zero attached hydrogens (tertiary/aromatic N) is 2. The molecule has 0 radical (unpaired) electrons. The molecule has 1 aromatic heterocycles. The van der Waals surface area contributed by atoms with E-state index < -0.39 is 0 Å². The van der Waals surface area contributed by atoms with Crippen LogP contribution in [-0.2, 0) is 7.05 Å². The van der Waals surface area contributed by atoms with Gasteiger partial charge in [0.05, 0.1) is 22.4 Å². The van der Waals surface area contributed by atoms with Crippen LogP contribution >= 0.6 is 11.3 Å². The normalized spacial score (nSPS) is 13.4. The van der Waals surface area contributed by atoms with Crippen molar-refractivity contribution in [1.82, 2.24) is 4.57 Å². The highest BCUT2D eigenvalue weighted by atomic mass is 32.1. The van der Waals surface area contributed by atoms with Gasteiger partial charge in [0.25, 0.3) is 5.91 Å². The maximum atomic E-state index is 12.6. The lowest BCUT2D eigenvalue weighted by Crippen LogP contribution is -2.13. The van der Waals surface area contributed by atoms with Gasteiger partial charge in [-0.05, 0) is 19.1 Å². The number of para-hydroxylation sites is 1. The number of thiazole rings is 1. The Bertz CT molecular complexity index is 1040. The average Bonchev–Trinajstić information content (AvgIpc) is 3.18. The van der Waals surface area contributed by atoms with Crippen LogP contribution in [0.25, 0.3) is 10.2 Å². The number of carbonyl (C=O) groups excluding carboxylic acids is 1. The topological polar surface area (TPSA) is 62.0 Å². The van der Waals surface area contributed by atoms with Crippen molar-refractivity contribution in [2.45, 2.75) is 6.92 Å². The van der Waals surface area contributed by atoms with Gasteiger partial charge in [-0.15, -0.1) is 0 Å². The van der Waals surface area contributed by atoms with E-state index in [-0.39, 0.29) is 12.7 Å². The van der Waals surface area contributed by atoms with Crippen LogP contribution in [0.3, 0.4) is 0 Å². The Labute approximate surface area is 147 Å². The maximum absolute atomic E-state index is 12.6. The van der Waals surface area contributed by atoms with E-state index in [0.29, 0.717) is 34.2 Å². The summed E-state index contributed by atoms with van der Waals surface area (Å²) in [5, 5.41) is 0. The van der Waals surface area contributed by atoms with E-state index in [1.54, 1.807) is 18.2 Å². The minimum Gasteiger partial charge on any atom is -0.493 e. The monoisotopic (exact) mass is 356 g/mol. The number of carbonyl (C=O) groups is 1. The maximum Gasteiger partial charge on any atom is 0.283 e. The fraction of sp³-hybridized carbons (Fsp3) is 0.222. The molecule has 0 bridgehead atoms. The van der Waals surface area contributed by atoms with Gasteiger partial charge in [0.2, 0.25) is 6.79 Å². The zero-order valence-electron chi connectivity index (χ0n) is 13.8. The standard InChI is InChI=1S/C18H16N2O4S/c1-3-22-13-7-5-4-6-11(13)17(21)19-18-20(2)12-8-14-15(24-10-23-14)9-16(12)25-18/h4-9H,3,10H2,1-2H3.